The number of aliphatic imine (C=N–C) groups is 1. The molecule has 3 rings (SSSR count). The highest BCUT2D eigenvalue weighted by molar-refractivity contribution is 6.30. The quantitative estimate of drug-likeness (QED) is 0.392. The second kappa shape index (κ2) is 11.2. The van der Waals surface area contributed by atoms with E-state index in [0.29, 0.717) is 6.54 Å². The van der Waals surface area contributed by atoms with Gasteiger partial charge in [-0.05, 0) is 38.5 Å². The zero-order valence-electron chi connectivity index (χ0n) is 18.1. The third-order valence-corrected chi connectivity index (χ3v) is 5.49. The molecule has 2 aromatic rings. The van der Waals surface area contributed by atoms with Crippen LogP contribution in [-0.2, 0) is 18.3 Å². The molecule has 0 bridgehead atoms. The van der Waals surface area contributed by atoms with E-state index >= 15 is 0 Å². The minimum atomic E-state index is 0.500. The summed E-state index contributed by atoms with van der Waals surface area (Å²) < 4.78 is 7.43. The number of halogens is 1. The highest BCUT2D eigenvalue weighted by atomic mass is 35.5. The second-order valence-electron chi connectivity index (χ2n) is 7.29. The van der Waals surface area contributed by atoms with Crippen molar-refractivity contribution in [1.29, 1.82) is 0 Å². The van der Waals surface area contributed by atoms with E-state index in [-0.39, 0.29) is 0 Å². The van der Waals surface area contributed by atoms with E-state index in [1.807, 2.05) is 43.7 Å². The lowest BCUT2D eigenvalue weighted by atomic mass is 10.2. The molecule has 8 nitrogen and oxygen atoms in total. The van der Waals surface area contributed by atoms with E-state index in [1.165, 1.54) is 5.69 Å². The van der Waals surface area contributed by atoms with E-state index in [2.05, 4.69) is 31.4 Å². The van der Waals surface area contributed by atoms with Crippen LogP contribution in [0.4, 0.5) is 5.69 Å². The van der Waals surface area contributed by atoms with Gasteiger partial charge >= 0.3 is 0 Å². The van der Waals surface area contributed by atoms with E-state index in [9.17, 15) is 0 Å². The van der Waals surface area contributed by atoms with Gasteiger partial charge < -0.3 is 24.4 Å². The zero-order valence-corrected chi connectivity index (χ0v) is 18.9. The fourth-order valence-electron chi connectivity index (χ4n) is 3.37. The SMILES string of the molecule is CCOCCCNC(=NCc1nnc(C)n1C)N1CCN(c2cccc(Cl)c2)CC1. The maximum Gasteiger partial charge on any atom is 0.194 e. The van der Waals surface area contributed by atoms with Crippen LogP contribution >= 0.6 is 11.6 Å². The van der Waals surface area contributed by atoms with Gasteiger partial charge in [0.1, 0.15) is 12.4 Å². The van der Waals surface area contributed by atoms with Crippen LogP contribution in [0, 0.1) is 6.92 Å². The topological polar surface area (TPSA) is 70.8 Å². The number of aryl methyl sites for hydroxylation is 1. The van der Waals surface area contributed by atoms with Crippen molar-refractivity contribution in [2.75, 3.05) is 50.8 Å². The van der Waals surface area contributed by atoms with Gasteiger partial charge in [0.25, 0.3) is 0 Å². The molecule has 1 aliphatic rings. The van der Waals surface area contributed by atoms with Crippen LogP contribution in [0.25, 0.3) is 0 Å². The molecule has 30 heavy (non-hydrogen) atoms. The van der Waals surface area contributed by atoms with Crippen molar-refractivity contribution in [3.8, 4) is 0 Å². The van der Waals surface area contributed by atoms with Crippen molar-refractivity contribution < 1.29 is 4.74 Å². The molecule has 164 valence electrons. The number of hydrogen-bond donors (Lipinski definition) is 1. The Hall–Kier alpha value is -2.32. The number of benzene rings is 1. The summed E-state index contributed by atoms with van der Waals surface area (Å²) in [5.41, 5.74) is 1.17. The van der Waals surface area contributed by atoms with E-state index < -0.39 is 0 Å². The van der Waals surface area contributed by atoms with Gasteiger partial charge in [0, 0.05) is 63.7 Å². The van der Waals surface area contributed by atoms with Crippen LogP contribution in [0.3, 0.4) is 0 Å². The molecular formula is C21H32ClN7O. The molecule has 1 fully saturated rings. The first-order valence-electron chi connectivity index (χ1n) is 10.5. The van der Waals surface area contributed by atoms with Crippen LogP contribution in [0.1, 0.15) is 25.0 Å². The Balaban J connectivity index is 1.62. The lowest BCUT2D eigenvalue weighted by molar-refractivity contribution is 0.145. The number of nitrogens with zero attached hydrogens (tertiary/aromatic N) is 6. The predicted octanol–water partition coefficient (Wildman–Crippen LogP) is 2.47. The van der Waals surface area contributed by atoms with Crippen molar-refractivity contribution in [2.24, 2.45) is 12.0 Å². The number of ether oxygens (including phenoxy) is 1. The highest BCUT2D eigenvalue weighted by Crippen LogP contribution is 2.20. The Morgan fingerprint density at radius 3 is 2.70 bits per heavy atom. The molecule has 1 aromatic carbocycles. The summed E-state index contributed by atoms with van der Waals surface area (Å²) in [6, 6.07) is 8.04. The van der Waals surface area contributed by atoms with E-state index in [4.69, 9.17) is 21.3 Å². The first-order valence-corrected chi connectivity index (χ1v) is 10.9. The highest BCUT2D eigenvalue weighted by Gasteiger charge is 2.20. The first-order chi connectivity index (χ1) is 14.6. The van der Waals surface area contributed by atoms with Gasteiger partial charge in [0.05, 0.1) is 0 Å². The number of piperazine rings is 1. The predicted molar refractivity (Wildman–Crippen MR) is 121 cm³/mol. The Kier molecular flexibility index (Phi) is 8.33. The minimum absolute atomic E-state index is 0.500. The zero-order chi connectivity index (χ0) is 21.3. The summed E-state index contributed by atoms with van der Waals surface area (Å²) in [6.45, 7) is 10.4. The molecule has 0 spiro atoms. The molecule has 1 aliphatic heterocycles. The third kappa shape index (κ3) is 6.09. The van der Waals surface area contributed by atoms with Crippen molar-refractivity contribution in [2.45, 2.75) is 26.8 Å². The van der Waals surface area contributed by atoms with Gasteiger partial charge in [-0.25, -0.2) is 4.99 Å². The molecule has 9 heteroatoms. The molecule has 1 N–H and O–H groups in total. The maximum atomic E-state index is 6.16. The van der Waals surface area contributed by atoms with Crippen molar-refractivity contribution in [1.82, 2.24) is 25.0 Å². The Bertz CT molecular complexity index is 831. The second-order valence-corrected chi connectivity index (χ2v) is 7.73. The fraction of sp³-hybridized carbons (Fsp3) is 0.571. The number of hydrogen-bond acceptors (Lipinski definition) is 5. The summed E-state index contributed by atoms with van der Waals surface area (Å²) in [5.74, 6) is 2.66. The normalized spacial score (nSPS) is 15.0. The first kappa shape index (κ1) is 22.4. The number of nitrogens with one attached hydrogen (secondary N) is 1. The molecule has 0 unspecified atom stereocenters. The molecule has 0 aliphatic carbocycles. The van der Waals surface area contributed by atoms with Gasteiger partial charge in [0.2, 0.25) is 0 Å². The molecule has 0 saturated carbocycles. The van der Waals surface area contributed by atoms with Crippen LogP contribution in [0.15, 0.2) is 29.3 Å². The van der Waals surface area contributed by atoms with Gasteiger partial charge in [0.15, 0.2) is 11.8 Å². The molecular weight excluding hydrogens is 402 g/mol. The monoisotopic (exact) mass is 433 g/mol. The summed E-state index contributed by atoms with van der Waals surface area (Å²) >= 11 is 6.16. The van der Waals surface area contributed by atoms with Gasteiger partial charge in [-0.1, -0.05) is 17.7 Å². The standard InChI is InChI=1S/C21H32ClN7O/c1-4-30-14-6-9-23-21(24-16-20-26-25-17(2)27(20)3)29-12-10-28(11-13-29)19-8-5-7-18(22)15-19/h5,7-8,15H,4,6,9-14,16H2,1-3H3,(H,23,24). The van der Waals surface area contributed by atoms with Crippen molar-refractivity contribution >= 4 is 23.2 Å². The van der Waals surface area contributed by atoms with Crippen molar-refractivity contribution in [3.63, 3.8) is 0 Å². The minimum Gasteiger partial charge on any atom is -0.382 e. The Morgan fingerprint density at radius 1 is 1.23 bits per heavy atom. The Labute approximate surface area is 183 Å². The van der Waals surface area contributed by atoms with Crippen molar-refractivity contribution in [3.05, 3.63) is 40.9 Å². The number of guanidine groups is 1. The summed E-state index contributed by atoms with van der Waals surface area (Å²) in [7, 11) is 1.97. The van der Waals surface area contributed by atoms with Crippen LogP contribution < -0.4 is 10.2 Å². The van der Waals surface area contributed by atoms with Gasteiger partial charge in [-0.3, -0.25) is 0 Å². The smallest absolute Gasteiger partial charge is 0.194 e. The molecule has 0 amide bonds. The number of aromatic nitrogens is 3. The van der Waals surface area contributed by atoms with Crippen LogP contribution in [0.2, 0.25) is 5.02 Å². The molecule has 2 heterocycles. The largest absolute Gasteiger partial charge is 0.382 e. The summed E-state index contributed by atoms with van der Waals surface area (Å²) in [5, 5.41) is 12.6. The Morgan fingerprint density at radius 2 is 2.03 bits per heavy atom. The fourth-order valence-corrected chi connectivity index (χ4v) is 3.55. The average molecular weight is 434 g/mol. The average Bonchev–Trinajstić information content (AvgIpc) is 3.08. The summed E-state index contributed by atoms with van der Waals surface area (Å²) in [4.78, 5) is 9.52. The molecule has 1 saturated heterocycles. The van der Waals surface area contributed by atoms with E-state index in [0.717, 1.165) is 75.0 Å². The summed E-state index contributed by atoms with van der Waals surface area (Å²) in [6.07, 6.45) is 0.943. The number of rotatable bonds is 8. The maximum absolute atomic E-state index is 6.16. The van der Waals surface area contributed by atoms with Gasteiger partial charge in [-0.2, -0.15) is 0 Å². The third-order valence-electron chi connectivity index (χ3n) is 5.26. The molecule has 1 aromatic heterocycles. The molecule has 0 atom stereocenters. The van der Waals surface area contributed by atoms with Gasteiger partial charge in [-0.15, -0.1) is 10.2 Å². The number of anilines is 1. The lowest BCUT2D eigenvalue weighted by Gasteiger charge is -2.37. The van der Waals surface area contributed by atoms with E-state index in [1.54, 1.807) is 0 Å². The molecule has 0 radical (unpaired) electrons. The van der Waals surface area contributed by atoms with Crippen LogP contribution in [-0.4, -0.2) is 71.6 Å². The lowest BCUT2D eigenvalue weighted by Crippen LogP contribution is -2.52. The van der Waals surface area contributed by atoms with Crippen LogP contribution in [0.5, 0.6) is 0 Å².